The van der Waals surface area contributed by atoms with Gasteiger partial charge in [0.1, 0.15) is 0 Å². The largest absolute Gasteiger partial charge is 0.454 e. The van der Waals surface area contributed by atoms with E-state index in [1.165, 1.54) is 12.1 Å². The molecular weight excluding hydrogens is 216 g/mol. The van der Waals surface area contributed by atoms with E-state index in [0.717, 1.165) is 6.08 Å². The van der Waals surface area contributed by atoms with Gasteiger partial charge in [-0.05, 0) is 23.8 Å². The number of ketones is 1. The van der Waals surface area contributed by atoms with Crippen LogP contribution in [0.25, 0.3) is 6.08 Å². The summed E-state index contributed by atoms with van der Waals surface area (Å²) < 4.78 is 77.7. The Morgan fingerprint density at radius 2 is 2.12 bits per heavy atom. The van der Waals surface area contributed by atoms with Gasteiger partial charge < -0.3 is 9.47 Å². The molecule has 1 aromatic rings. The maximum absolute atomic E-state index is 12.6. The van der Waals surface area contributed by atoms with Gasteiger partial charge in [0.05, 0.1) is 0 Å². The van der Waals surface area contributed by atoms with E-state index in [2.05, 4.69) is 0 Å². The lowest BCUT2D eigenvalue weighted by Crippen LogP contribution is -2.17. The van der Waals surface area contributed by atoms with E-state index in [0.29, 0.717) is 23.1 Å². The molecule has 0 aliphatic carbocycles. The van der Waals surface area contributed by atoms with Crippen molar-refractivity contribution in [2.45, 2.75) is 20.6 Å². The summed E-state index contributed by atoms with van der Waals surface area (Å²) in [7, 11) is 0. The number of carbonyl (C=O) groups is 1. The third-order valence-corrected chi connectivity index (χ3v) is 2.19. The average molecular weight is 241 g/mol. The number of ether oxygens (including phenoxy) is 2. The Hall–Kier alpha value is -1.77. The molecule has 3 heteroatoms. The van der Waals surface area contributed by atoms with Gasteiger partial charge in [-0.2, -0.15) is 0 Å². The fourth-order valence-electron chi connectivity index (χ4n) is 1.31. The van der Waals surface area contributed by atoms with Crippen LogP contribution < -0.4 is 9.47 Å². The Labute approximate surface area is 114 Å². The fourth-order valence-corrected chi connectivity index (χ4v) is 1.31. The highest BCUT2D eigenvalue weighted by Gasteiger charge is 2.18. The van der Waals surface area contributed by atoms with Crippen LogP contribution in [0.1, 0.15) is 38.5 Å². The number of carbonyl (C=O) groups excluding carboxylic acids is 1. The van der Waals surface area contributed by atoms with Crippen molar-refractivity contribution in [2.75, 3.05) is 6.79 Å². The van der Waals surface area contributed by atoms with E-state index in [1.54, 1.807) is 6.07 Å². The number of hydrogen-bond acceptors (Lipinski definition) is 3. The molecule has 17 heavy (non-hydrogen) atoms. The lowest BCUT2D eigenvalue weighted by atomic mass is 9.90. The molecule has 3 nitrogen and oxygen atoms in total. The highest BCUT2D eigenvalue weighted by molar-refractivity contribution is 5.97. The second-order valence-corrected chi connectivity index (χ2v) is 3.56. The van der Waals surface area contributed by atoms with Crippen LogP contribution in [0.15, 0.2) is 24.3 Å². The standard InChI is InChI=1S/C14H16O3/c1-14(2,3)13(15)7-5-10-4-6-11-12(8-10)17-9-16-11/h4-8H,9H2,1-3H3/b7-5+/i1D3,2D3,3D3. The van der Waals surface area contributed by atoms with Gasteiger partial charge in [0.2, 0.25) is 6.79 Å². The number of fused-ring (bicyclic) bond motifs is 1. The zero-order valence-corrected chi connectivity index (χ0v) is 8.82. The monoisotopic (exact) mass is 241 g/mol. The summed E-state index contributed by atoms with van der Waals surface area (Å²) in [5.41, 5.74) is -3.14. The molecule has 90 valence electrons. The molecule has 0 saturated carbocycles. The lowest BCUT2D eigenvalue weighted by molar-refractivity contribution is -0.121. The topological polar surface area (TPSA) is 35.5 Å². The molecule has 0 unspecified atom stereocenters. The zero-order chi connectivity index (χ0) is 20.0. The van der Waals surface area contributed by atoms with Crippen LogP contribution >= 0.6 is 0 Å². The van der Waals surface area contributed by atoms with Crippen molar-refractivity contribution in [3.8, 4) is 11.5 Å². The summed E-state index contributed by atoms with van der Waals surface area (Å²) in [5, 5.41) is 0. The minimum Gasteiger partial charge on any atom is -0.454 e. The van der Waals surface area contributed by atoms with E-state index < -0.39 is 31.8 Å². The van der Waals surface area contributed by atoms with Crippen molar-refractivity contribution >= 4 is 11.9 Å². The van der Waals surface area contributed by atoms with Crippen LogP contribution in [0.5, 0.6) is 11.5 Å². The molecule has 0 aromatic heterocycles. The summed E-state index contributed by atoms with van der Waals surface area (Å²) in [5.74, 6) is -0.640. The molecule has 0 N–H and O–H groups in total. The minimum atomic E-state index is -3.57. The molecule has 0 bridgehead atoms. The Kier molecular flexibility index (Phi) is 1.21. The second-order valence-electron chi connectivity index (χ2n) is 3.56. The maximum Gasteiger partial charge on any atom is 0.231 e. The normalized spacial score (nSPS) is 24.4. The van der Waals surface area contributed by atoms with Crippen LogP contribution in [-0.2, 0) is 4.79 Å². The molecule has 0 amide bonds. The Balaban J connectivity index is 2.48. The maximum atomic E-state index is 12.6. The van der Waals surface area contributed by atoms with Gasteiger partial charge in [0, 0.05) is 17.8 Å². The van der Waals surface area contributed by atoms with E-state index >= 15 is 0 Å². The summed E-state index contributed by atoms with van der Waals surface area (Å²) in [6, 6.07) is 4.57. The molecule has 1 aliphatic rings. The van der Waals surface area contributed by atoms with E-state index in [-0.39, 0.29) is 6.79 Å². The average Bonchev–Trinajstić information content (AvgIpc) is 2.88. The quantitative estimate of drug-likeness (QED) is 0.747. The highest BCUT2D eigenvalue weighted by Crippen LogP contribution is 2.32. The SMILES string of the molecule is [2H]C([2H])([2H])C(C(=O)/C=C/c1ccc2c(c1)OCO2)(C([2H])([2H])[2H])C([2H])([2H])[2H]. The third-order valence-electron chi connectivity index (χ3n) is 2.19. The summed E-state index contributed by atoms with van der Waals surface area (Å²) in [6.45, 7) is -10.7. The Morgan fingerprint density at radius 1 is 1.35 bits per heavy atom. The number of rotatable bonds is 2. The molecule has 0 saturated heterocycles. The van der Waals surface area contributed by atoms with Crippen LogP contribution in [0.4, 0.5) is 0 Å². The van der Waals surface area contributed by atoms with Gasteiger partial charge in [-0.25, -0.2) is 0 Å². The first-order valence-corrected chi connectivity index (χ1v) is 4.84. The van der Waals surface area contributed by atoms with E-state index in [4.69, 9.17) is 21.8 Å². The van der Waals surface area contributed by atoms with Crippen molar-refractivity contribution in [3.05, 3.63) is 29.8 Å². The molecule has 2 rings (SSSR count). The smallest absolute Gasteiger partial charge is 0.231 e. The molecular formula is C14H16O3. The summed E-state index contributed by atoms with van der Waals surface area (Å²) >= 11 is 0. The predicted molar refractivity (Wildman–Crippen MR) is 66.1 cm³/mol. The summed E-state index contributed by atoms with van der Waals surface area (Å²) in [4.78, 5) is 12.6. The molecule has 0 spiro atoms. The first kappa shape index (κ1) is 4.84. The van der Waals surface area contributed by atoms with E-state index in [9.17, 15) is 4.79 Å². The minimum absolute atomic E-state index is 0.0295. The van der Waals surface area contributed by atoms with Crippen LogP contribution in [0.3, 0.4) is 0 Å². The summed E-state index contributed by atoms with van der Waals surface area (Å²) in [6.07, 6.45) is 1.81. The fraction of sp³-hybridized carbons (Fsp3) is 0.357. The molecule has 1 heterocycles. The van der Waals surface area contributed by atoms with Crippen LogP contribution in [-0.4, -0.2) is 12.6 Å². The van der Waals surface area contributed by atoms with Crippen LogP contribution in [0, 0.1) is 5.41 Å². The Bertz CT molecular complexity index is 693. The van der Waals surface area contributed by atoms with Crippen molar-refractivity contribution in [1.29, 1.82) is 0 Å². The molecule has 0 radical (unpaired) electrons. The van der Waals surface area contributed by atoms with Gasteiger partial charge in [-0.1, -0.05) is 32.7 Å². The molecule has 0 fully saturated rings. The van der Waals surface area contributed by atoms with Crippen molar-refractivity contribution in [1.82, 2.24) is 0 Å². The number of benzene rings is 1. The molecule has 1 aliphatic heterocycles. The van der Waals surface area contributed by atoms with Gasteiger partial charge >= 0.3 is 0 Å². The second kappa shape index (κ2) is 4.24. The zero-order valence-electron chi connectivity index (χ0n) is 17.8. The number of allylic oxidation sites excluding steroid dienone is 1. The van der Waals surface area contributed by atoms with Gasteiger partial charge in [0.25, 0.3) is 0 Å². The van der Waals surface area contributed by atoms with Gasteiger partial charge in [0.15, 0.2) is 17.3 Å². The first-order chi connectivity index (χ1) is 11.7. The molecule has 1 aromatic carbocycles. The van der Waals surface area contributed by atoms with Crippen molar-refractivity contribution in [3.63, 3.8) is 0 Å². The predicted octanol–water partition coefficient (Wildman–Crippen LogP) is 3.04. The van der Waals surface area contributed by atoms with E-state index in [1.807, 2.05) is 0 Å². The Morgan fingerprint density at radius 3 is 2.88 bits per heavy atom. The van der Waals surface area contributed by atoms with Crippen molar-refractivity contribution in [2.24, 2.45) is 5.41 Å². The number of hydrogen-bond donors (Lipinski definition) is 0. The first-order valence-electron chi connectivity index (χ1n) is 9.34. The molecule has 0 atom stereocenters. The van der Waals surface area contributed by atoms with Gasteiger partial charge in [-0.15, -0.1) is 0 Å². The van der Waals surface area contributed by atoms with Crippen molar-refractivity contribution < 1.29 is 26.6 Å². The van der Waals surface area contributed by atoms with Gasteiger partial charge in [-0.3, -0.25) is 4.79 Å². The highest BCUT2D eigenvalue weighted by atomic mass is 16.7. The van der Waals surface area contributed by atoms with Crippen LogP contribution in [0.2, 0.25) is 0 Å². The third kappa shape index (κ3) is 2.67. The lowest BCUT2D eigenvalue weighted by Gasteiger charge is -2.12.